The first-order valence-corrected chi connectivity index (χ1v) is 6.82. The van der Waals surface area contributed by atoms with Crippen LogP contribution < -0.4 is 10.1 Å². The van der Waals surface area contributed by atoms with Gasteiger partial charge in [0, 0.05) is 31.2 Å². The van der Waals surface area contributed by atoms with Gasteiger partial charge in [-0.2, -0.15) is 0 Å². The van der Waals surface area contributed by atoms with Crippen LogP contribution in [0.4, 0.5) is 5.69 Å². The average Bonchev–Trinajstić information content (AvgIpc) is 2.85. The number of hydrogen-bond donors (Lipinski definition) is 1. The minimum atomic E-state index is 0.215. The van der Waals surface area contributed by atoms with Crippen molar-refractivity contribution in [3.8, 4) is 5.75 Å². The van der Waals surface area contributed by atoms with Gasteiger partial charge in [-0.05, 0) is 56.7 Å². The number of aryl methyl sites for hydroxylation is 1. The first-order valence-electron chi connectivity index (χ1n) is 6.82. The Balaban J connectivity index is 1.89. The highest BCUT2D eigenvalue weighted by Crippen LogP contribution is 2.17. The number of nitrogens with one attached hydrogen (secondary N) is 1. The van der Waals surface area contributed by atoms with Crippen molar-refractivity contribution in [1.82, 2.24) is 4.57 Å². The van der Waals surface area contributed by atoms with Crippen molar-refractivity contribution >= 4 is 5.69 Å². The van der Waals surface area contributed by atoms with E-state index in [-0.39, 0.29) is 6.10 Å². The molecule has 0 fully saturated rings. The van der Waals surface area contributed by atoms with Gasteiger partial charge in [-0.1, -0.05) is 0 Å². The van der Waals surface area contributed by atoms with Gasteiger partial charge >= 0.3 is 0 Å². The van der Waals surface area contributed by atoms with Crippen LogP contribution in [0.15, 0.2) is 42.7 Å². The normalized spacial score (nSPS) is 10.7. The van der Waals surface area contributed by atoms with Crippen molar-refractivity contribution in [3.05, 3.63) is 48.3 Å². The summed E-state index contributed by atoms with van der Waals surface area (Å²) in [6.45, 7) is 8.07. The molecule has 1 N–H and O–H groups in total. The summed E-state index contributed by atoms with van der Waals surface area (Å²) in [7, 11) is 0. The van der Waals surface area contributed by atoms with E-state index in [0.717, 1.165) is 24.5 Å². The number of nitrogens with zero attached hydrogens (tertiary/aromatic N) is 1. The largest absolute Gasteiger partial charge is 0.491 e. The summed E-state index contributed by atoms with van der Waals surface area (Å²) in [5, 5.41) is 3.41. The van der Waals surface area contributed by atoms with E-state index in [0.29, 0.717) is 0 Å². The third-order valence-electron chi connectivity index (χ3n) is 2.90. The van der Waals surface area contributed by atoms with Crippen molar-refractivity contribution in [2.24, 2.45) is 0 Å². The predicted molar refractivity (Wildman–Crippen MR) is 79.6 cm³/mol. The fourth-order valence-corrected chi connectivity index (χ4v) is 1.92. The second kappa shape index (κ2) is 6.32. The number of anilines is 1. The van der Waals surface area contributed by atoms with Crippen LogP contribution in [0, 0.1) is 0 Å². The summed E-state index contributed by atoms with van der Waals surface area (Å²) in [5.74, 6) is 0.915. The molecule has 3 heteroatoms. The molecule has 1 aromatic carbocycles. The topological polar surface area (TPSA) is 26.2 Å². The SMILES string of the molecule is CCn1ccc(CNc2ccc(OC(C)C)cc2)c1. The Bertz CT molecular complexity index is 500. The van der Waals surface area contributed by atoms with E-state index in [9.17, 15) is 0 Å². The zero-order valence-electron chi connectivity index (χ0n) is 11.9. The van der Waals surface area contributed by atoms with Crippen LogP contribution in [0.2, 0.25) is 0 Å². The Hall–Kier alpha value is -1.90. The van der Waals surface area contributed by atoms with Gasteiger partial charge in [-0.3, -0.25) is 0 Å². The lowest BCUT2D eigenvalue weighted by atomic mass is 10.2. The Labute approximate surface area is 115 Å². The molecule has 0 aliphatic carbocycles. The molecule has 0 amide bonds. The van der Waals surface area contributed by atoms with Crippen molar-refractivity contribution in [3.63, 3.8) is 0 Å². The summed E-state index contributed by atoms with van der Waals surface area (Å²) in [6, 6.07) is 10.2. The summed E-state index contributed by atoms with van der Waals surface area (Å²) < 4.78 is 7.80. The molecule has 0 atom stereocenters. The van der Waals surface area contributed by atoms with E-state index < -0.39 is 0 Å². The number of hydrogen-bond acceptors (Lipinski definition) is 2. The lowest BCUT2D eigenvalue weighted by Crippen LogP contribution is -2.05. The standard InChI is InChI=1S/C16H22N2O/c1-4-18-10-9-14(12-18)11-17-15-5-7-16(8-6-15)19-13(2)3/h5-10,12-13,17H,4,11H2,1-3H3. The Morgan fingerprint density at radius 2 is 1.89 bits per heavy atom. The predicted octanol–water partition coefficient (Wildman–Crippen LogP) is 3.91. The van der Waals surface area contributed by atoms with E-state index in [1.54, 1.807) is 0 Å². The zero-order valence-corrected chi connectivity index (χ0v) is 11.9. The number of aromatic nitrogens is 1. The molecule has 0 saturated heterocycles. The molecule has 1 aromatic heterocycles. The lowest BCUT2D eigenvalue weighted by molar-refractivity contribution is 0.242. The number of rotatable bonds is 6. The van der Waals surface area contributed by atoms with Crippen LogP contribution in [0.5, 0.6) is 5.75 Å². The van der Waals surface area contributed by atoms with Gasteiger partial charge in [0.15, 0.2) is 0 Å². The summed E-state index contributed by atoms with van der Waals surface area (Å²) in [4.78, 5) is 0. The Morgan fingerprint density at radius 3 is 2.47 bits per heavy atom. The molecule has 0 aliphatic heterocycles. The fraction of sp³-hybridized carbons (Fsp3) is 0.375. The van der Waals surface area contributed by atoms with Gasteiger partial charge < -0.3 is 14.6 Å². The highest BCUT2D eigenvalue weighted by Gasteiger charge is 1.99. The number of benzene rings is 1. The molecule has 1 heterocycles. The Morgan fingerprint density at radius 1 is 1.16 bits per heavy atom. The van der Waals surface area contributed by atoms with Gasteiger partial charge in [0.2, 0.25) is 0 Å². The van der Waals surface area contributed by atoms with Crippen molar-refractivity contribution < 1.29 is 4.74 Å². The molecular weight excluding hydrogens is 236 g/mol. The molecular formula is C16H22N2O. The third-order valence-corrected chi connectivity index (χ3v) is 2.90. The van der Waals surface area contributed by atoms with Gasteiger partial charge in [-0.25, -0.2) is 0 Å². The van der Waals surface area contributed by atoms with Gasteiger partial charge in [-0.15, -0.1) is 0 Å². The average molecular weight is 258 g/mol. The van der Waals surface area contributed by atoms with Crippen LogP contribution in [-0.4, -0.2) is 10.7 Å². The molecule has 0 spiro atoms. The molecule has 0 bridgehead atoms. The highest BCUT2D eigenvalue weighted by molar-refractivity contribution is 5.46. The van der Waals surface area contributed by atoms with E-state index in [4.69, 9.17) is 4.74 Å². The molecule has 0 unspecified atom stereocenters. The van der Waals surface area contributed by atoms with E-state index in [1.807, 2.05) is 26.0 Å². The molecule has 2 aromatic rings. The Kier molecular flexibility index (Phi) is 4.50. The minimum Gasteiger partial charge on any atom is -0.491 e. The lowest BCUT2D eigenvalue weighted by Gasteiger charge is -2.10. The van der Waals surface area contributed by atoms with Crippen LogP contribution >= 0.6 is 0 Å². The van der Waals surface area contributed by atoms with Crippen LogP contribution in [0.25, 0.3) is 0 Å². The minimum absolute atomic E-state index is 0.215. The molecule has 2 rings (SSSR count). The van der Waals surface area contributed by atoms with Crippen LogP contribution in [0.3, 0.4) is 0 Å². The summed E-state index contributed by atoms with van der Waals surface area (Å²) in [5.41, 5.74) is 2.41. The maximum Gasteiger partial charge on any atom is 0.119 e. The van der Waals surface area contributed by atoms with E-state index >= 15 is 0 Å². The smallest absolute Gasteiger partial charge is 0.119 e. The van der Waals surface area contributed by atoms with Crippen LogP contribution in [-0.2, 0) is 13.1 Å². The van der Waals surface area contributed by atoms with Crippen molar-refractivity contribution in [2.75, 3.05) is 5.32 Å². The first kappa shape index (κ1) is 13.5. The number of ether oxygens (including phenoxy) is 1. The fourth-order valence-electron chi connectivity index (χ4n) is 1.92. The molecule has 0 saturated carbocycles. The van der Waals surface area contributed by atoms with E-state index in [1.165, 1.54) is 5.56 Å². The first-order chi connectivity index (χ1) is 9.17. The monoisotopic (exact) mass is 258 g/mol. The molecule has 19 heavy (non-hydrogen) atoms. The second-order valence-electron chi connectivity index (χ2n) is 4.89. The van der Waals surface area contributed by atoms with Gasteiger partial charge in [0.05, 0.1) is 6.10 Å². The van der Waals surface area contributed by atoms with E-state index in [2.05, 4.69) is 47.4 Å². The quantitative estimate of drug-likeness (QED) is 0.850. The van der Waals surface area contributed by atoms with Crippen molar-refractivity contribution in [1.29, 1.82) is 0 Å². The maximum absolute atomic E-state index is 5.62. The maximum atomic E-state index is 5.62. The second-order valence-corrected chi connectivity index (χ2v) is 4.89. The molecule has 0 aliphatic rings. The third kappa shape index (κ3) is 4.05. The molecule has 3 nitrogen and oxygen atoms in total. The summed E-state index contributed by atoms with van der Waals surface area (Å²) >= 11 is 0. The van der Waals surface area contributed by atoms with Gasteiger partial charge in [0.1, 0.15) is 5.75 Å². The highest BCUT2D eigenvalue weighted by atomic mass is 16.5. The van der Waals surface area contributed by atoms with Crippen molar-refractivity contribution in [2.45, 2.75) is 40.0 Å². The molecule has 0 radical (unpaired) electrons. The van der Waals surface area contributed by atoms with Gasteiger partial charge in [0.25, 0.3) is 0 Å². The zero-order chi connectivity index (χ0) is 13.7. The van der Waals surface area contributed by atoms with Crippen LogP contribution in [0.1, 0.15) is 26.3 Å². The summed E-state index contributed by atoms with van der Waals surface area (Å²) in [6.07, 6.45) is 4.49. The molecule has 102 valence electrons.